The summed E-state index contributed by atoms with van der Waals surface area (Å²) >= 11 is 0. The molecule has 0 aliphatic heterocycles. The molecule has 0 spiro atoms. The lowest BCUT2D eigenvalue weighted by Crippen LogP contribution is -2.02. The summed E-state index contributed by atoms with van der Waals surface area (Å²) in [7, 11) is -2.54. The van der Waals surface area contributed by atoms with Gasteiger partial charge in [0.25, 0.3) is 0 Å². The molecule has 0 aromatic heterocycles. The van der Waals surface area contributed by atoms with Crippen molar-refractivity contribution in [2.45, 2.75) is 0 Å². The predicted octanol–water partition coefficient (Wildman–Crippen LogP) is 2.26. The van der Waals surface area contributed by atoms with E-state index >= 15 is 0 Å². The lowest BCUT2D eigenvalue weighted by molar-refractivity contribution is 0.469. The van der Waals surface area contributed by atoms with Gasteiger partial charge in [-0.2, -0.15) is 0 Å². The van der Waals surface area contributed by atoms with Crippen LogP contribution in [0.1, 0.15) is 0 Å². The van der Waals surface area contributed by atoms with Crippen LogP contribution >= 0.6 is 8.38 Å². The maximum Gasteiger partial charge on any atom is 0.203 e. The van der Waals surface area contributed by atoms with Crippen molar-refractivity contribution in [3.8, 4) is 16.9 Å². The Balaban J connectivity index is 2.62. The van der Waals surface area contributed by atoms with Crippen LogP contribution in [0.4, 0.5) is 8.78 Å². The van der Waals surface area contributed by atoms with Crippen molar-refractivity contribution in [2.75, 3.05) is 0 Å². The fraction of sp³-hybridized carbons (Fsp3) is 0. The normalized spacial score (nSPS) is 10.9. The molecule has 3 nitrogen and oxygen atoms in total. The first-order valence-electron chi connectivity index (χ1n) is 4.96. The van der Waals surface area contributed by atoms with Crippen molar-refractivity contribution in [3.63, 3.8) is 0 Å². The van der Waals surface area contributed by atoms with Crippen LogP contribution in [-0.2, 0) is 0 Å². The van der Waals surface area contributed by atoms with Crippen LogP contribution in [0, 0.1) is 11.6 Å². The minimum Gasteiger partial charge on any atom is -0.507 e. The molecule has 0 unspecified atom stereocenters. The Labute approximate surface area is 103 Å². The van der Waals surface area contributed by atoms with E-state index in [0.29, 0.717) is 0 Å². The van der Waals surface area contributed by atoms with Gasteiger partial charge in [-0.05, 0) is 29.8 Å². The van der Waals surface area contributed by atoms with E-state index in [1.165, 1.54) is 12.1 Å². The zero-order chi connectivity index (χ0) is 13.3. The third-order valence-corrected chi connectivity index (χ3v) is 3.23. The summed E-state index contributed by atoms with van der Waals surface area (Å²) in [5.74, 6) is -1.84. The molecule has 2 aromatic carbocycles. The van der Waals surface area contributed by atoms with Crippen molar-refractivity contribution < 1.29 is 23.7 Å². The van der Waals surface area contributed by atoms with Crippen molar-refractivity contribution in [3.05, 3.63) is 48.0 Å². The number of benzene rings is 2. The first kappa shape index (κ1) is 12.9. The number of phenols is 1. The molecule has 2 aromatic rings. The zero-order valence-corrected chi connectivity index (χ0v) is 9.90. The minimum atomic E-state index is -2.54. The average molecular weight is 270 g/mol. The number of aromatic hydroxyl groups is 1. The van der Waals surface area contributed by atoms with Crippen LogP contribution < -0.4 is 5.30 Å². The Hall–Kier alpha value is -1.55. The third-order valence-electron chi connectivity index (χ3n) is 2.44. The highest BCUT2D eigenvalue weighted by molar-refractivity contribution is 7.54. The van der Waals surface area contributed by atoms with Gasteiger partial charge in [-0.15, -0.1) is 0 Å². The minimum absolute atomic E-state index is 0.133. The Morgan fingerprint density at radius 2 is 1.56 bits per heavy atom. The second-order valence-electron chi connectivity index (χ2n) is 3.59. The van der Waals surface area contributed by atoms with E-state index in [4.69, 9.17) is 9.79 Å². The van der Waals surface area contributed by atoms with Crippen LogP contribution in [-0.4, -0.2) is 14.9 Å². The van der Waals surface area contributed by atoms with Crippen molar-refractivity contribution >= 4 is 13.7 Å². The molecular formula is C12H9F2O3P. The first-order chi connectivity index (χ1) is 8.50. The summed E-state index contributed by atoms with van der Waals surface area (Å²) in [6, 6.07) is 7.07. The molecule has 0 aliphatic carbocycles. The molecule has 0 saturated carbocycles. The van der Waals surface area contributed by atoms with Gasteiger partial charge >= 0.3 is 0 Å². The molecule has 0 radical (unpaired) electrons. The lowest BCUT2D eigenvalue weighted by Gasteiger charge is -2.10. The quantitative estimate of drug-likeness (QED) is 0.733. The van der Waals surface area contributed by atoms with Crippen LogP contribution in [0.3, 0.4) is 0 Å². The van der Waals surface area contributed by atoms with E-state index in [1.54, 1.807) is 0 Å². The van der Waals surface area contributed by atoms with Crippen LogP contribution in [0.15, 0.2) is 36.4 Å². The third kappa shape index (κ3) is 2.34. The fourth-order valence-corrected chi connectivity index (χ4v) is 2.15. The highest BCUT2D eigenvalue weighted by Gasteiger charge is 2.16. The number of phenolic OH excluding ortho intramolecular Hbond substituents is 1. The van der Waals surface area contributed by atoms with E-state index in [9.17, 15) is 13.9 Å². The van der Waals surface area contributed by atoms with Gasteiger partial charge in [-0.3, -0.25) is 0 Å². The average Bonchev–Trinajstić information content (AvgIpc) is 2.30. The van der Waals surface area contributed by atoms with Gasteiger partial charge in [-0.25, -0.2) is 8.78 Å². The molecule has 0 heterocycles. The van der Waals surface area contributed by atoms with Gasteiger partial charge in [0.15, 0.2) is 0 Å². The summed E-state index contributed by atoms with van der Waals surface area (Å²) in [6.45, 7) is 0. The van der Waals surface area contributed by atoms with Crippen molar-refractivity contribution in [2.24, 2.45) is 0 Å². The second kappa shape index (κ2) is 4.98. The molecule has 3 N–H and O–H groups in total. The van der Waals surface area contributed by atoms with E-state index in [2.05, 4.69) is 0 Å². The molecule has 94 valence electrons. The maximum absolute atomic E-state index is 13.5. The molecule has 2 rings (SSSR count). The van der Waals surface area contributed by atoms with Gasteiger partial charge in [0.05, 0.1) is 10.9 Å². The summed E-state index contributed by atoms with van der Waals surface area (Å²) in [4.78, 5) is 18.2. The van der Waals surface area contributed by atoms with Gasteiger partial charge in [-0.1, -0.05) is 12.1 Å². The Kier molecular flexibility index (Phi) is 3.57. The maximum atomic E-state index is 13.5. The second-order valence-corrected chi connectivity index (χ2v) is 4.65. The van der Waals surface area contributed by atoms with Gasteiger partial charge in [0, 0.05) is 0 Å². The summed E-state index contributed by atoms with van der Waals surface area (Å²) < 4.78 is 27.1. The van der Waals surface area contributed by atoms with Crippen LogP contribution in [0.5, 0.6) is 5.75 Å². The molecular weight excluding hydrogens is 261 g/mol. The fourth-order valence-electron chi connectivity index (χ4n) is 1.61. The SMILES string of the molecule is Oc1ccc(-c2c(F)cccc2F)cc1P(O)O. The molecule has 18 heavy (non-hydrogen) atoms. The smallest absolute Gasteiger partial charge is 0.203 e. The Bertz CT molecular complexity index is 567. The van der Waals surface area contributed by atoms with Crippen molar-refractivity contribution in [1.82, 2.24) is 0 Å². The Morgan fingerprint density at radius 1 is 0.944 bits per heavy atom. The lowest BCUT2D eigenvalue weighted by atomic mass is 10.0. The molecule has 0 atom stereocenters. The molecule has 0 amide bonds. The number of rotatable bonds is 2. The van der Waals surface area contributed by atoms with E-state index in [1.807, 2.05) is 0 Å². The zero-order valence-electron chi connectivity index (χ0n) is 9.01. The predicted molar refractivity (Wildman–Crippen MR) is 64.5 cm³/mol. The van der Waals surface area contributed by atoms with Crippen LogP contribution in [0.2, 0.25) is 0 Å². The Morgan fingerprint density at radius 3 is 2.11 bits per heavy atom. The van der Waals surface area contributed by atoms with Crippen molar-refractivity contribution in [1.29, 1.82) is 0 Å². The standard InChI is InChI=1S/C12H9F2O3P/c13-8-2-1-3-9(14)12(8)7-4-5-10(15)11(6-7)18(16)17/h1-6,15-17H. The first-order valence-corrected chi connectivity index (χ1v) is 6.20. The van der Waals surface area contributed by atoms with Gasteiger partial charge in [0.1, 0.15) is 17.4 Å². The van der Waals surface area contributed by atoms with Gasteiger partial charge < -0.3 is 14.9 Å². The molecule has 0 fully saturated rings. The molecule has 0 saturated heterocycles. The summed E-state index contributed by atoms with van der Waals surface area (Å²) in [6.07, 6.45) is 0. The largest absolute Gasteiger partial charge is 0.507 e. The monoisotopic (exact) mass is 270 g/mol. The van der Waals surface area contributed by atoms with E-state index in [-0.39, 0.29) is 22.2 Å². The topological polar surface area (TPSA) is 60.7 Å². The van der Waals surface area contributed by atoms with E-state index in [0.717, 1.165) is 24.3 Å². The van der Waals surface area contributed by atoms with Gasteiger partial charge in [0.2, 0.25) is 8.38 Å². The van der Waals surface area contributed by atoms with Crippen LogP contribution in [0.25, 0.3) is 11.1 Å². The number of hydrogen-bond donors (Lipinski definition) is 3. The number of halogens is 2. The highest BCUT2D eigenvalue weighted by atomic mass is 31.2. The summed E-state index contributed by atoms with van der Waals surface area (Å²) in [5.41, 5.74) is -0.135. The molecule has 0 bridgehead atoms. The molecule has 6 heteroatoms. The molecule has 0 aliphatic rings. The number of hydrogen-bond acceptors (Lipinski definition) is 3. The van der Waals surface area contributed by atoms with E-state index < -0.39 is 20.0 Å². The summed E-state index contributed by atoms with van der Waals surface area (Å²) in [5, 5.41) is 9.25. The highest BCUT2D eigenvalue weighted by Crippen LogP contribution is 2.32.